The van der Waals surface area contributed by atoms with Gasteiger partial charge in [0.1, 0.15) is 96.9 Å². The number of carbonyl (C=O) groups excluding carboxylic acids is 16. The van der Waals surface area contributed by atoms with E-state index in [1.165, 1.54) is 80.5 Å². The Morgan fingerprint density at radius 3 is 1.74 bits per heavy atom. The summed E-state index contributed by atoms with van der Waals surface area (Å²) in [5, 5.41) is 70.4. The van der Waals surface area contributed by atoms with Gasteiger partial charge < -0.3 is 130 Å². The van der Waals surface area contributed by atoms with E-state index in [1.54, 1.807) is 68.6 Å². The number of phenolic OH excluding ortho intramolecular Hbond substituents is 1. The standard InChI is InChI=1S/C96H136N22O22S/c1-9-11-27-75-89(133)107-67(38-54(3)4)86(130)112-73(84(128)102-47-79(99)121)51-141-52-80(122)104-70(39-56-31-33-60(119)34-32-56)92(136)113(6)55(5)83(127)110-72(44-81(123)124)95(139)117-37-21-30-76(117)90(134)109-69(42-59-46-100-53-103-59)88(132)106-66(26-18-20-36-98)94(138)118-49-61(120)43-78(118)91(135)108-68(40-57-45-101-64-24-15-13-22-62(57)64)87(131)105-65(25-17-19-35-97)85(129)111-71(93(137)115(8)77(28-12-10-2)96(140)114(75)7)41-58-48-116(50-82(125)126)74-29-16-14-23-63(58)74/h13-16,22-24,29,31-34,45-46,48,53-55,61,65-73,75-78,101,119-120H,9-12,17-21,25-28,30,35-44,47,49-52,97-98H2,1-8H3,(H2,99,121)(H,100,103)(H,102,128)(H,104,122)(H,105,131)(H,106,132)(H,107,133)(H,108,135)(H,109,134)(H,110,127)(H,111,129)(H,112,130)(H,123,124)(H,125,126)/t55-,61+,65-,66-,67-,68-,69-,70-,71-,72+,73-,75-,76-,77-,78-/m0/s1. The van der Waals surface area contributed by atoms with Gasteiger partial charge in [0.25, 0.3) is 0 Å². The number of unbranched alkanes of at least 4 members (excludes halogenated alkanes) is 4. The predicted molar refractivity (Wildman–Crippen MR) is 519 cm³/mol. The summed E-state index contributed by atoms with van der Waals surface area (Å²) in [5.74, 6) is -19.1. The first-order chi connectivity index (χ1) is 67.2. The number of phenols is 1. The molecule has 16 amide bonds. The number of rotatable bonds is 31. The van der Waals surface area contributed by atoms with Crippen LogP contribution in [0.1, 0.15) is 166 Å². The second-order valence-electron chi connectivity index (χ2n) is 36.6. The van der Waals surface area contributed by atoms with Crippen LogP contribution in [0, 0.1) is 5.92 Å². The molecule has 0 aliphatic carbocycles. The normalized spacial score (nSPS) is 24.3. The van der Waals surface area contributed by atoms with Crippen LogP contribution < -0.4 is 70.4 Å². The Bertz CT molecular complexity index is 5380. The Hall–Kier alpha value is -13.6. The minimum Gasteiger partial charge on any atom is -0.508 e. The van der Waals surface area contributed by atoms with Gasteiger partial charge in [-0.2, -0.15) is 0 Å². The molecule has 141 heavy (non-hydrogen) atoms. The molecule has 3 saturated heterocycles. The van der Waals surface area contributed by atoms with Gasteiger partial charge in [0.2, 0.25) is 94.5 Å². The highest BCUT2D eigenvalue weighted by Crippen LogP contribution is 2.29. The fourth-order valence-corrected chi connectivity index (χ4v) is 18.6. The zero-order valence-electron chi connectivity index (χ0n) is 80.9. The van der Waals surface area contributed by atoms with Gasteiger partial charge in [-0.25, -0.2) is 4.98 Å². The Labute approximate surface area is 820 Å². The van der Waals surface area contributed by atoms with E-state index in [9.17, 15) is 68.4 Å². The number of aromatic hydroxyl groups is 1. The molecule has 45 heteroatoms. The van der Waals surface area contributed by atoms with Crippen LogP contribution >= 0.6 is 11.8 Å². The maximum absolute atomic E-state index is 16.1. The zero-order chi connectivity index (χ0) is 103. The van der Waals surface area contributed by atoms with Crippen LogP contribution in [0.4, 0.5) is 0 Å². The van der Waals surface area contributed by atoms with Crippen LogP contribution in [0.5, 0.6) is 5.75 Å². The number of fused-ring (bicyclic) bond motifs is 4. The molecule has 0 radical (unpaired) electrons. The van der Waals surface area contributed by atoms with Gasteiger partial charge in [-0.3, -0.25) is 86.3 Å². The molecule has 0 spiro atoms. The lowest BCUT2D eigenvalue weighted by atomic mass is 9.99. The fraction of sp³-hybridized carbons (Fsp3) is 0.552. The Morgan fingerprint density at radius 2 is 1.11 bits per heavy atom. The van der Waals surface area contributed by atoms with Crippen molar-refractivity contribution >= 4 is 140 Å². The number of hydrogen-bond acceptors (Lipinski definition) is 24. The van der Waals surface area contributed by atoms with Crippen molar-refractivity contribution in [2.75, 3.05) is 65.4 Å². The van der Waals surface area contributed by atoms with Gasteiger partial charge in [0.05, 0.1) is 31.1 Å². The molecule has 0 unspecified atom stereocenters. The number of aliphatic hydroxyl groups excluding tert-OH is 1. The molecule has 0 saturated carbocycles. The second kappa shape index (κ2) is 53.7. The first-order valence-corrected chi connectivity index (χ1v) is 49.1. The van der Waals surface area contributed by atoms with Gasteiger partial charge >= 0.3 is 11.9 Å². The number of aromatic nitrogens is 4. The van der Waals surface area contributed by atoms with Crippen molar-refractivity contribution in [3.05, 3.63) is 120 Å². The van der Waals surface area contributed by atoms with Crippen molar-refractivity contribution < 1.29 is 107 Å². The lowest BCUT2D eigenvalue weighted by molar-refractivity contribution is -0.149. The van der Waals surface area contributed by atoms with E-state index in [2.05, 4.69) is 68.1 Å². The Balaban J connectivity index is 1.13. The third-order valence-electron chi connectivity index (χ3n) is 25.5. The second-order valence-corrected chi connectivity index (χ2v) is 37.7. The number of imidazole rings is 1. The summed E-state index contributed by atoms with van der Waals surface area (Å²) in [6.45, 7) is 6.81. The highest BCUT2D eigenvalue weighted by molar-refractivity contribution is 8.00. The van der Waals surface area contributed by atoms with E-state index in [0.717, 1.165) is 31.4 Å². The number of amides is 16. The highest BCUT2D eigenvalue weighted by atomic mass is 32.2. The molecule has 6 heterocycles. The molecule has 3 aromatic carbocycles. The number of likely N-dealkylation sites (N-methyl/N-ethyl adjacent to an activating group) is 3. The third-order valence-corrected chi connectivity index (χ3v) is 26.6. The van der Waals surface area contributed by atoms with Crippen LogP contribution in [0.2, 0.25) is 0 Å². The first-order valence-electron chi connectivity index (χ1n) is 47.9. The molecule has 3 fully saturated rings. The van der Waals surface area contributed by atoms with Gasteiger partial charge in [-0.1, -0.05) is 102 Å². The third kappa shape index (κ3) is 31.5. The number of aliphatic carboxylic acids is 2. The summed E-state index contributed by atoms with van der Waals surface area (Å²) >= 11 is 0.776. The van der Waals surface area contributed by atoms with Gasteiger partial charge in [-0.15, -0.1) is 11.8 Å². The summed E-state index contributed by atoms with van der Waals surface area (Å²) in [6, 6.07) is -2.43. The van der Waals surface area contributed by atoms with Crippen molar-refractivity contribution in [2.45, 2.75) is 267 Å². The molecule has 22 N–H and O–H groups in total. The maximum atomic E-state index is 16.1. The minimum absolute atomic E-state index is 0.00198. The summed E-state index contributed by atoms with van der Waals surface area (Å²) in [7, 11) is 3.91. The molecule has 6 aromatic rings. The number of nitrogens with one attached hydrogen (secondary N) is 12. The number of carbonyl (C=O) groups is 18. The number of H-pyrrole nitrogens is 2. The molecule has 3 aliphatic heterocycles. The number of carboxylic acid groups (broad SMARTS) is 2. The molecule has 0 bridgehead atoms. The molecule has 768 valence electrons. The Morgan fingerprint density at radius 1 is 0.546 bits per heavy atom. The summed E-state index contributed by atoms with van der Waals surface area (Å²) in [4.78, 5) is 281. The molecule has 44 nitrogen and oxygen atoms in total. The van der Waals surface area contributed by atoms with Gasteiger partial charge in [0.15, 0.2) is 0 Å². The predicted octanol–water partition coefficient (Wildman–Crippen LogP) is -0.769. The lowest BCUT2D eigenvalue weighted by Crippen LogP contribution is -2.61. The number of thioether (sulfide) groups is 1. The monoisotopic (exact) mass is 1980 g/mol. The fourth-order valence-electron chi connectivity index (χ4n) is 17.8. The number of para-hydroxylation sites is 2. The van der Waals surface area contributed by atoms with E-state index >= 15 is 38.4 Å². The molecular weight excluding hydrogens is 1850 g/mol. The van der Waals surface area contributed by atoms with Crippen molar-refractivity contribution in [3.8, 4) is 5.75 Å². The van der Waals surface area contributed by atoms with Gasteiger partial charge in [-0.05, 0) is 138 Å². The van der Waals surface area contributed by atoms with Crippen LogP contribution in [-0.2, 0) is 119 Å². The van der Waals surface area contributed by atoms with Crippen molar-refractivity contribution in [3.63, 3.8) is 0 Å². The van der Waals surface area contributed by atoms with Crippen LogP contribution in [0.3, 0.4) is 0 Å². The summed E-state index contributed by atoms with van der Waals surface area (Å²) in [5.41, 5.74) is 20.1. The summed E-state index contributed by atoms with van der Waals surface area (Å²) in [6.07, 6.45) is 4.06. The van der Waals surface area contributed by atoms with Crippen LogP contribution in [0.25, 0.3) is 21.8 Å². The zero-order valence-corrected chi connectivity index (χ0v) is 81.7. The number of aromatic amines is 2. The number of nitrogens with two attached hydrogens (primary N) is 3. The molecule has 3 aromatic heterocycles. The number of carboxylic acids is 2. The van der Waals surface area contributed by atoms with Crippen molar-refractivity contribution in [2.24, 2.45) is 23.1 Å². The highest BCUT2D eigenvalue weighted by Gasteiger charge is 2.47. The van der Waals surface area contributed by atoms with E-state index in [1.807, 2.05) is 13.8 Å². The number of nitrogens with zero attached hydrogens (tertiary/aromatic N) is 7. The number of primary amides is 1. The molecular formula is C96H136N22O22S. The minimum atomic E-state index is -1.91. The molecule has 9 rings (SSSR count). The number of aliphatic hydroxyl groups is 1. The molecule has 15 atom stereocenters. The Kier molecular flexibility index (Phi) is 42.3. The van der Waals surface area contributed by atoms with Crippen LogP contribution in [0.15, 0.2) is 97.7 Å². The summed E-state index contributed by atoms with van der Waals surface area (Å²) < 4.78 is 1.45. The lowest BCUT2D eigenvalue weighted by Gasteiger charge is -2.36. The van der Waals surface area contributed by atoms with E-state index in [-0.39, 0.29) is 115 Å². The SMILES string of the molecule is CCCC[C@H]1C(=O)N(C)[C@@H](CCCC)C(=O)N[C@@H](CC(C)C)C(=O)N[C@H](C(=O)NCC(N)=O)CSCC(=O)N[C@@H](Cc2ccc(O)cc2)C(=O)N(C)[C@@H](C)C(=O)N[C@H](CC(=O)O)C(=O)N2CCC[C@H]2C(=O)N[C@@H](Cc2cnc[nH]2)C(=O)N[C@@H](CCCCN)C(=O)N2C[C@H](O)C[C@H]2C(=O)N[C@@H](Cc2c[nH]c3ccccc23)C(=O)N[C@@H](CCCCN)C(=O)N[C@@H](Cc2cn(CC(=O)O)c3ccccc23)C(=O)N1C. The quantitative estimate of drug-likeness (QED) is 0.0238. The first kappa shape index (κ1) is 111. The van der Waals surface area contributed by atoms with E-state index < -0.39 is 241 Å². The maximum Gasteiger partial charge on any atom is 0.323 e. The number of benzene rings is 3. The van der Waals surface area contributed by atoms with Crippen LogP contribution in [-0.4, -0.2) is 327 Å². The smallest absolute Gasteiger partial charge is 0.323 e. The molecule has 3 aliphatic rings. The van der Waals surface area contributed by atoms with Crippen molar-refractivity contribution in [1.82, 2.24) is 97.2 Å². The average molecular weight is 1980 g/mol. The van der Waals surface area contributed by atoms with E-state index in [4.69, 9.17) is 17.2 Å². The topological polar surface area (TPSA) is 652 Å². The van der Waals surface area contributed by atoms with Crippen molar-refractivity contribution in [1.29, 1.82) is 0 Å². The van der Waals surface area contributed by atoms with E-state index in [0.29, 0.717) is 82.7 Å². The largest absolute Gasteiger partial charge is 0.508 e. The average Bonchev–Trinajstić information content (AvgIpc) is 1.72. The van der Waals surface area contributed by atoms with Gasteiger partial charge in [0, 0.05) is 118 Å². The number of hydrogen-bond donors (Lipinski definition) is 19.